The summed E-state index contributed by atoms with van der Waals surface area (Å²) >= 11 is 0. The maximum Gasteiger partial charge on any atom is 0.339 e. The third-order valence-electron chi connectivity index (χ3n) is 4.00. The number of carbonyl (C=O) groups is 2. The van der Waals surface area contributed by atoms with Crippen molar-refractivity contribution < 1.29 is 19.8 Å². The van der Waals surface area contributed by atoms with Crippen LogP contribution >= 0.6 is 0 Å². The largest absolute Gasteiger partial charge is 0.507 e. The van der Waals surface area contributed by atoms with Gasteiger partial charge < -0.3 is 10.2 Å². The molecule has 0 saturated heterocycles. The quantitative estimate of drug-likeness (QED) is 0.699. The first-order valence-corrected chi connectivity index (χ1v) is 7.74. The molecule has 0 aliphatic carbocycles. The fourth-order valence-electron chi connectivity index (χ4n) is 2.60. The molecule has 0 heterocycles. The van der Waals surface area contributed by atoms with Crippen LogP contribution in [0.4, 0.5) is 0 Å². The maximum atomic E-state index is 12.7. The van der Waals surface area contributed by atoms with Crippen molar-refractivity contribution in [1.29, 1.82) is 0 Å². The first-order valence-electron chi connectivity index (χ1n) is 7.74. The molecule has 3 aromatic rings. The minimum atomic E-state index is -1.28. The summed E-state index contributed by atoms with van der Waals surface area (Å²) in [6.45, 7) is 2.01. The standard InChI is InChI=1S/C21H16O4/c1-13-5-7-14(8-6-13)15-3-2-4-16(11-15)20(23)17-9-10-19(22)18(12-17)21(24)25/h2-12,22H,1H3,(H,24,25). The lowest BCUT2D eigenvalue weighted by molar-refractivity contribution is 0.0693. The number of aromatic hydroxyl groups is 1. The highest BCUT2D eigenvalue weighted by Crippen LogP contribution is 2.24. The highest BCUT2D eigenvalue weighted by atomic mass is 16.4. The number of ketones is 1. The molecule has 0 fully saturated rings. The van der Waals surface area contributed by atoms with Crippen LogP contribution in [-0.4, -0.2) is 22.0 Å². The Balaban J connectivity index is 1.98. The van der Waals surface area contributed by atoms with Crippen molar-refractivity contribution in [2.24, 2.45) is 0 Å². The van der Waals surface area contributed by atoms with E-state index in [4.69, 9.17) is 5.11 Å². The molecule has 0 unspecified atom stereocenters. The summed E-state index contributed by atoms with van der Waals surface area (Å²) in [6, 6.07) is 19.0. The third-order valence-corrected chi connectivity index (χ3v) is 4.00. The van der Waals surface area contributed by atoms with E-state index in [-0.39, 0.29) is 22.7 Å². The Labute approximate surface area is 145 Å². The van der Waals surface area contributed by atoms with Gasteiger partial charge in [-0.2, -0.15) is 0 Å². The Kier molecular flexibility index (Phi) is 4.35. The predicted molar refractivity (Wildman–Crippen MR) is 95.1 cm³/mol. The van der Waals surface area contributed by atoms with E-state index in [1.54, 1.807) is 18.2 Å². The lowest BCUT2D eigenvalue weighted by Crippen LogP contribution is -2.05. The number of rotatable bonds is 4. The number of carboxylic acid groups (broad SMARTS) is 1. The lowest BCUT2D eigenvalue weighted by atomic mass is 9.97. The van der Waals surface area contributed by atoms with Gasteiger partial charge in [-0.15, -0.1) is 0 Å². The van der Waals surface area contributed by atoms with E-state index < -0.39 is 5.97 Å². The fourth-order valence-corrected chi connectivity index (χ4v) is 2.60. The van der Waals surface area contributed by atoms with Crippen molar-refractivity contribution in [3.8, 4) is 16.9 Å². The van der Waals surface area contributed by atoms with E-state index in [1.165, 1.54) is 18.2 Å². The van der Waals surface area contributed by atoms with Gasteiger partial charge in [0.25, 0.3) is 0 Å². The van der Waals surface area contributed by atoms with Gasteiger partial charge in [0.05, 0.1) is 0 Å². The molecule has 3 aromatic carbocycles. The van der Waals surface area contributed by atoms with Crippen LogP contribution in [0.25, 0.3) is 11.1 Å². The summed E-state index contributed by atoms with van der Waals surface area (Å²) in [5.74, 6) is -1.94. The van der Waals surface area contributed by atoms with Crippen molar-refractivity contribution in [3.05, 3.63) is 89.0 Å². The maximum absolute atomic E-state index is 12.7. The van der Waals surface area contributed by atoms with Gasteiger partial charge in [0.15, 0.2) is 5.78 Å². The number of carboxylic acids is 1. The minimum Gasteiger partial charge on any atom is -0.507 e. The molecular weight excluding hydrogens is 316 g/mol. The molecule has 0 amide bonds. The molecular formula is C21H16O4. The van der Waals surface area contributed by atoms with Crippen LogP contribution < -0.4 is 0 Å². The van der Waals surface area contributed by atoms with E-state index in [0.717, 1.165) is 16.7 Å². The topological polar surface area (TPSA) is 74.6 Å². The van der Waals surface area contributed by atoms with E-state index in [0.29, 0.717) is 5.56 Å². The van der Waals surface area contributed by atoms with Gasteiger partial charge in [-0.05, 0) is 42.3 Å². The summed E-state index contributed by atoms with van der Waals surface area (Å²) in [4.78, 5) is 23.8. The van der Waals surface area contributed by atoms with E-state index >= 15 is 0 Å². The molecule has 2 N–H and O–H groups in total. The zero-order valence-corrected chi connectivity index (χ0v) is 13.6. The normalized spacial score (nSPS) is 10.4. The monoisotopic (exact) mass is 332 g/mol. The summed E-state index contributed by atoms with van der Waals surface area (Å²) in [5.41, 5.74) is 3.44. The average Bonchev–Trinajstić information content (AvgIpc) is 2.62. The molecule has 25 heavy (non-hydrogen) atoms. The Hall–Kier alpha value is -3.40. The molecule has 4 nitrogen and oxygen atoms in total. The summed E-state index contributed by atoms with van der Waals surface area (Å²) in [5, 5.41) is 18.7. The number of aromatic carboxylic acids is 1. The number of carbonyl (C=O) groups excluding carboxylic acids is 1. The van der Waals surface area contributed by atoms with Crippen LogP contribution in [0.2, 0.25) is 0 Å². The van der Waals surface area contributed by atoms with E-state index in [2.05, 4.69) is 0 Å². The second kappa shape index (κ2) is 6.61. The zero-order chi connectivity index (χ0) is 18.0. The van der Waals surface area contributed by atoms with Crippen molar-refractivity contribution >= 4 is 11.8 Å². The molecule has 0 spiro atoms. The molecule has 4 heteroatoms. The third kappa shape index (κ3) is 3.43. The van der Waals surface area contributed by atoms with Crippen LogP contribution in [0, 0.1) is 6.92 Å². The molecule has 0 saturated carbocycles. The van der Waals surface area contributed by atoms with Crippen molar-refractivity contribution in [2.75, 3.05) is 0 Å². The Morgan fingerprint density at radius 3 is 2.16 bits per heavy atom. The van der Waals surface area contributed by atoms with Gasteiger partial charge in [-0.3, -0.25) is 4.79 Å². The van der Waals surface area contributed by atoms with Crippen molar-refractivity contribution in [2.45, 2.75) is 6.92 Å². The number of aryl methyl sites for hydroxylation is 1. The van der Waals surface area contributed by atoms with Crippen LogP contribution in [0.1, 0.15) is 31.8 Å². The molecule has 0 aliphatic rings. The molecule has 0 bridgehead atoms. The smallest absolute Gasteiger partial charge is 0.339 e. The van der Waals surface area contributed by atoms with Crippen molar-refractivity contribution in [1.82, 2.24) is 0 Å². The summed E-state index contributed by atoms with van der Waals surface area (Å²) in [7, 11) is 0. The average molecular weight is 332 g/mol. The van der Waals surface area contributed by atoms with Crippen molar-refractivity contribution in [3.63, 3.8) is 0 Å². The van der Waals surface area contributed by atoms with Gasteiger partial charge in [0, 0.05) is 11.1 Å². The number of hydrogen-bond donors (Lipinski definition) is 2. The van der Waals surface area contributed by atoms with Gasteiger partial charge in [0.1, 0.15) is 11.3 Å². The zero-order valence-electron chi connectivity index (χ0n) is 13.6. The highest BCUT2D eigenvalue weighted by molar-refractivity contribution is 6.10. The van der Waals surface area contributed by atoms with Crippen LogP contribution in [-0.2, 0) is 0 Å². The highest BCUT2D eigenvalue weighted by Gasteiger charge is 2.15. The van der Waals surface area contributed by atoms with Gasteiger partial charge in [0.2, 0.25) is 0 Å². The predicted octanol–water partition coefficient (Wildman–Crippen LogP) is 4.30. The van der Waals surface area contributed by atoms with Crippen LogP contribution in [0.3, 0.4) is 0 Å². The number of hydrogen-bond acceptors (Lipinski definition) is 3. The van der Waals surface area contributed by atoms with E-state index in [1.807, 2.05) is 37.3 Å². The Morgan fingerprint density at radius 2 is 1.48 bits per heavy atom. The van der Waals surface area contributed by atoms with Gasteiger partial charge in [-0.1, -0.05) is 48.0 Å². The second-order valence-corrected chi connectivity index (χ2v) is 5.81. The first-order chi connectivity index (χ1) is 12.0. The van der Waals surface area contributed by atoms with Gasteiger partial charge in [-0.25, -0.2) is 4.79 Å². The first kappa shape index (κ1) is 16.5. The molecule has 0 aliphatic heterocycles. The molecule has 0 aromatic heterocycles. The lowest BCUT2D eigenvalue weighted by Gasteiger charge is -2.07. The fraction of sp³-hybridized carbons (Fsp3) is 0.0476. The Morgan fingerprint density at radius 1 is 0.800 bits per heavy atom. The van der Waals surface area contributed by atoms with Gasteiger partial charge >= 0.3 is 5.97 Å². The Bertz CT molecular complexity index is 956. The minimum absolute atomic E-state index is 0.219. The molecule has 0 radical (unpaired) electrons. The van der Waals surface area contributed by atoms with Crippen LogP contribution in [0.5, 0.6) is 5.75 Å². The summed E-state index contributed by atoms with van der Waals surface area (Å²) < 4.78 is 0. The number of benzene rings is 3. The molecule has 124 valence electrons. The SMILES string of the molecule is Cc1ccc(-c2cccc(C(=O)c3ccc(O)c(C(=O)O)c3)c2)cc1. The number of phenols is 1. The van der Waals surface area contributed by atoms with Crippen LogP contribution in [0.15, 0.2) is 66.7 Å². The van der Waals surface area contributed by atoms with E-state index in [9.17, 15) is 14.7 Å². The summed E-state index contributed by atoms with van der Waals surface area (Å²) in [6.07, 6.45) is 0. The second-order valence-electron chi connectivity index (χ2n) is 5.81. The molecule has 3 rings (SSSR count). The molecule has 0 atom stereocenters.